The minimum Gasteiger partial charge on any atom is -0.276 e. The maximum Gasteiger partial charge on any atom is 0.252 e. The molecule has 1 amide bonds. The third-order valence-corrected chi connectivity index (χ3v) is 0.939. The minimum absolute atomic E-state index is 0.365. The molecular weight excluding hydrogens is 197 g/mol. The van der Waals surface area contributed by atoms with Gasteiger partial charge in [-0.25, -0.2) is 0 Å². The number of hydroxylamine groups is 1. The molecule has 0 radical (unpaired) electrons. The lowest BCUT2D eigenvalue weighted by Gasteiger charge is -1.96. The Morgan fingerprint density at radius 1 is 2.00 bits per heavy atom. The van der Waals surface area contributed by atoms with E-state index in [4.69, 9.17) is 5.21 Å². The first-order valence-electron chi connectivity index (χ1n) is 1.30. The molecule has 0 saturated heterocycles. The predicted molar refractivity (Wildman–Crippen MR) is 28.3 cm³/mol. The van der Waals surface area contributed by atoms with Gasteiger partial charge in [0.05, 0.1) is 22.9 Å². The largest absolute Gasteiger partial charge is 0.276 e. The maximum absolute atomic E-state index is 9.81. The Morgan fingerprint density at radius 3 is 2.17 bits per heavy atom. The highest BCUT2D eigenvalue weighted by atomic mass is 127. The number of carbonyl (C=O) groups is 1. The smallest absolute Gasteiger partial charge is 0.252 e. The Labute approximate surface area is 49.4 Å². The predicted octanol–water partition coefficient (Wildman–Crippen LogP) is 0.574. The second-order valence-corrected chi connectivity index (χ2v) is 1.69. The average molecular weight is 201 g/mol. The topological polar surface area (TPSA) is 40.5 Å². The molecule has 0 aromatic rings. The summed E-state index contributed by atoms with van der Waals surface area (Å²) in [5.41, 5.74) is 0. The van der Waals surface area contributed by atoms with Crippen molar-refractivity contribution in [1.29, 1.82) is 0 Å². The van der Waals surface area contributed by atoms with Gasteiger partial charge in [-0.2, -0.15) is 3.28 Å². The third kappa shape index (κ3) is 2.40. The van der Waals surface area contributed by atoms with E-state index in [1.54, 1.807) is 0 Å². The van der Waals surface area contributed by atoms with Crippen LogP contribution in [0.4, 0.5) is 0 Å². The van der Waals surface area contributed by atoms with Gasteiger partial charge < -0.3 is 0 Å². The number of hydrogen-bond donors (Lipinski definition) is 1. The van der Waals surface area contributed by atoms with Crippen LogP contribution in [0, 0.1) is 0 Å². The Hall–Kier alpha value is 0.160. The monoisotopic (exact) mass is 201 g/mol. The van der Waals surface area contributed by atoms with Crippen molar-refractivity contribution in [2.24, 2.45) is 0 Å². The molecule has 0 aromatic carbocycles. The standard InChI is InChI=1S/C2H4INO2/c1-2(5)4(3)6/h6H,1H3. The van der Waals surface area contributed by atoms with Crippen LogP contribution in [0.25, 0.3) is 0 Å². The van der Waals surface area contributed by atoms with Crippen LogP contribution in [0.2, 0.25) is 0 Å². The quantitative estimate of drug-likeness (QED) is 0.269. The summed E-state index contributed by atoms with van der Waals surface area (Å²) in [4.78, 5) is 9.81. The van der Waals surface area contributed by atoms with Crippen molar-refractivity contribution in [3.8, 4) is 0 Å². The van der Waals surface area contributed by atoms with Gasteiger partial charge in [-0.3, -0.25) is 10.0 Å². The number of rotatable bonds is 0. The van der Waals surface area contributed by atoms with E-state index < -0.39 is 0 Å². The zero-order valence-corrected chi connectivity index (χ0v) is 5.34. The zero-order chi connectivity index (χ0) is 5.15. The Bertz CT molecular complexity index is 62.6. The molecule has 0 bridgehead atoms. The molecule has 0 saturated carbocycles. The lowest BCUT2D eigenvalue weighted by molar-refractivity contribution is -0.138. The van der Waals surface area contributed by atoms with E-state index in [2.05, 4.69) is 0 Å². The van der Waals surface area contributed by atoms with Gasteiger partial charge in [-0.1, -0.05) is 0 Å². The summed E-state index contributed by atoms with van der Waals surface area (Å²) in [6.07, 6.45) is 0. The molecule has 0 fully saturated rings. The van der Waals surface area contributed by atoms with Crippen molar-refractivity contribution in [1.82, 2.24) is 3.28 Å². The summed E-state index contributed by atoms with van der Waals surface area (Å²) in [6, 6.07) is 0. The Kier molecular flexibility index (Phi) is 2.42. The first-order chi connectivity index (χ1) is 2.64. The number of amides is 1. The molecule has 0 aliphatic carbocycles. The fraction of sp³-hybridized carbons (Fsp3) is 0.500. The lowest BCUT2D eigenvalue weighted by Crippen LogP contribution is -2.10. The van der Waals surface area contributed by atoms with Gasteiger partial charge in [0.1, 0.15) is 0 Å². The molecule has 0 atom stereocenters. The molecule has 4 heteroatoms. The molecule has 0 aliphatic heterocycles. The SMILES string of the molecule is CC(=O)N(O)I. The normalized spacial score (nSPS) is 7.83. The molecule has 1 N–H and O–H groups in total. The third-order valence-electron chi connectivity index (χ3n) is 0.260. The molecule has 0 aliphatic rings. The maximum atomic E-state index is 9.81. The number of halogens is 1. The highest BCUT2D eigenvalue weighted by Gasteiger charge is 1.93. The van der Waals surface area contributed by atoms with Gasteiger partial charge in [0.2, 0.25) is 0 Å². The van der Waals surface area contributed by atoms with Crippen molar-refractivity contribution in [2.75, 3.05) is 0 Å². The van der Waals surface area contributed by atoms with Crippen LogP contribution in [0.3, 0.4) is 0 Å². The van der Waals surface area contributed by atoms with Gasteiger partial charge >= 0.3 is 0 Å². The summed E-state index contributed by atoms with van der Waals surface area (Å²) in [6.45, 7) is 1.27. The van der Waals surface area contributed by atoms with Crippen molar-refractivity contribution >= 4 is 28.8 Å². The number of hydrogen-bond acceptors (Lipinski definition) is 2. The fourth-order valence-corrected chi connectivity index (χ4v) is 0. The van der Waals surface area contributed by atoms with Crippen molar-refractivity contribution in [2.45, 2.75) is 6.92 Å². The fourth-order valence-electron chi connectivity index (χ4n) is 0. The van der Waals surface area contributed by atoms with Crippen LogP contribution in [-0.2, 0) is 4.79 Å². The number of nitrogens with zero attached hydrogens (tertiary/aromatic N) is 1. The average Bonchev–Trinajstić information content (AvgIpc) is 1.36. The van der Waals surface area contributed by atoms with Crippen LogP contribution in [-0.4, -0.2) is 14.4 Å². The van der Waals surface area contributed by atoms with Crippen molar-refractivity contribution < 1.29 is 10.0 Å². The summed E-state index contributed by atoms with van der Waals surface area (Å²) in [5, 5.41) is 8.10. The Balaban J connectivity index is 3.26. The van der Waals surface area contributed by atoms with E-state index >= 15 is 0 Å². The molecule has 0 heterocycles. The summed E-state index contributed by atoms with van der Waals surface area (Å²) in [7, 11) is 0. The molecule has 0 spiro atoms. The van der Waals surface area contributed by atoms with E-state index in [1.165, 1.54) is 29.8 Å². The van der Waals surface area contributed by atoms with E-state index in [-0.39, 0.29) is 5.91 Å². The first kappa shape index (κ1) is 6.16. The summed E-state index contributed by atoms with van der Waals surface area (Å²) in [5.74, 6) is -0.365. The van der Waals surface area contributed by atoms with Crippen LogP contribution in [0.5, 0.6) is 0 Å². The molecule has 0 unspecified atom stereocenters. The minimum atomic E-state index is -0.365. The highest BCUT2D eigenvalue weighted by molar-refractivity contribution is 14.1. The second-order valence-electron chi connectivity index (χ2n) is 0.779. The van der Waals surface area contributed by atoms with E-state index in [1.807, 2.05) is 0 Å². The lowest BCUT2D eigenvalue weighted by atomic mass is 10.8. The second kappa shape index (κ2) is 2.35. The van der Waals surface area contributed by atoms with E-state index in [9.17, 15) is 4.79 Å². The van der Waals surface area contributed by atoms with E-state index in [0.717, 1.165) is 0 Å². The van der Waals surface area contributed by atoms with Gasteiger partial charge in [0.15, 0.2) is 0 Å². The zero-order valence-electron chi connectivity index (χ0n) is 3.18. The first-order valence-corrected chi connectivity index (χ1v) is 2.26. The summed E-state index contributed by atoms with van der Waals surface area (Å²) >= 11 is 1.47. The highest BCUT2D eigenvalue weighted by Crippen LogP contribution is 1.89. The summed E-state index contributed by atoms with van der Waals surface area (Å²) < 4.78 is 0.498. The van der Waals surface area contributed by atoms with E-state index in [0.29, 0.717) is 3.28 Å². The Morgan fingerprint density at radius 2 is 2.17 bits per heavy atom. The van der Waals surface area contributed by atoms with Crippen molar-refractivity contribution in [3.63, 3.8) is 0 Å². The van der Waals surface area contributed by atoms with Crippen LogP contribution >= 0.6 is 22.9 Å². The van der Waals surface area contributed by atoms with Crippen LogP contribution in [0.15, 0.2) is 0 Å². The molecular formula is C2H4INO2. The molecule has 3 nitrogen and oxygen atoms in total. The van der Waals surface area contributed by atoms with Gasteiger partial charge in [-0.05, 0) is 0 Å². The molecule has 0 rings (SSSR count). The van der Waals surface area contributed by atoms with Crippen LogP contribution in [0.1, 0.15) is 6.92 Å². The van der Waals surface area contributed by atoms with Gasteiger partial charge in [0, 0.05) is 6.92 Å². The van der Waals surface area contributed by atoms with Gasteiger partial charge in [0.25, 0.3) is 5.91 Å². The van der Waals surface area contributed by atoms with Gasteiger partial charge in [-0.15, -0.1) is 0 Å². The molecule has 0 aromatic heterocycles. The van der Waals surface area contributed by atoms with Crippen molar-refractivity contribution in [3.05, 3.63) is 0 Å². The molecule has 6 heavy (non-hydrogen) atoms. The number of carbonyl (C=O) groups excluding carboxylic acids is 1. The molecule has 36 valence electrons. The van der Waals surface area contributed by atoms with Crippen LogP contribution < -0.4 is 0 Å².